The maximum Gasteiger partial charge on any atom is 0.00128 e. The standard InChI is InChI=1S/C16H26N.Y/c1-13(2)17(14(3)4)12-11-15(5)16-9-7-6-8-10-16;/h6-11,13-15H,12H2,1-5H3;/q-1;. The van der Waals surface area contributed by atoms with Crippen LogP contribution in [0.5, 0.6) is 0 Å². The van der Waals surface area contributed by atoms with E-state index in [2.05, 4.69) is 76.3 Å². The van der Waals surface area contributed by atoms with Gasteiger partial charge < -0.3 is 11.3 Å². The second-order valence-corrected chi connectivity index (χ2v) is 5.32. The van der Waals surface area contributed by atoms with Crippen molar-refractivity contribution in [2.45, 2.75) is 52.6 Å². The van der Waals surface area contributed by atoms with E-state index < -0.39 is 0 Å². The average molecular weight is 321 g/mol. The van der Waals surface area contributed by atoms with Crippen LogP contribution in [-0.4, -0.2) is 23.5 Å². The Morgan fingerprint density at radius 1 is 0.944 bits per heavy atom. The van der Waals surface area contributed by atoms with Crippen LogP contribution in [-0.2, 0) is 32.7 Å². The molecule has 1 aromatic carbocycles. The van der Waals surface area contributed by atoms with Gasteiger partial charge in [-0.1, -0.05) is 42.8 Å². The molecule has 0 aliphatic carbocycles. The predicted octanol–water partition coefficient (Wildman–Crippen LogP) is 4.11. The largest absolute Gasteiger partial charge is 0.328 e. The number of hydrogen-bond donors (Lipinski definition) is 0. The van der Waals surface area contributed by atoms with Crippen molar-refractivity contribution in [1.29, 1.82) is 0 Å². The van der Waals surface area contributed by atoms with Gasteiger partial charge >= 0.3 is 0 Å². The smallest absolute Gasteiger partial charge is 0.00128 e. The minimum absolute atomic E-state index is 0. The van der Waals surface area contributed by atoms with Crippen molar-refractivity contribution in [3.8, 4) is 0 Å². The summed E-state index contributed by atoms with van der Waals surface area (Å²) in [6.07, 6.45) is 2.41. The fraction of sp³-hybridized carbons (Fsp3) is 0.562. The molecular formula is C16H26NY-. The molecule has 1 nitrogen and oxygen atoms in total. The summed E-state index contributed by atoms with van der Waals surface area (Å²) in [5.74, 6) is 0.524. The molecule has 0 N–H and O–H groups in total. The summed E-state index contributed by atoms with van der Waals surface area (Å²) in [5, 5.41) is 0. The third kappa shape index (κ3) is 5.95. The van der Waals surface area contributed by atoms with Gasteiger partial charge in [-0.3, -0.25) is 0 Å². The second-order valence-electron chi connectivity index (χ2n) is 5.32. The fourth-order valence-electron chi connectivity index (χ4n) is 2.19. The maximum absolute atomic E-state index is 2.51. The van der Waals surface area contributed by atoms with E-state index in [1.807, 2.05) is 0 Å². The SMILES string of the molecule is CC([CH-]CN(C(C)C)C(C)C)c1ccccc1.[Y]. The molecule has 0 amide bonds. The average Bonchev–Trinajstić information content (AvgIpc) is 2.29. The number of benzene rings is 1. The van der Waals surface area contributed by atoms with Gasteiger partial charge in [-0.05, 0) is 27.7 Å². The summed E-state index contributed by atoms with van der Waals surface area (Å²) in [6.45, 7) is 12.4. The molecule has 1 rings (SSSR count). The Balaban J connectivity index is 0.00000289. The molecule has 0 fully saturated rings. The van der Waals surface area contributed by atoms with Crippen LogP contribution < -0.4 is 0 Å². The molecule has 18 heavy (non-hydrogen) atoms. The van der Waals surface area contributed by atoms with Gasteiger partial charge in [-0.2, -0.15) is 0 Å². The Hall–Kier alpha value is 0.284. The van der Waals surface area contributed by atoms with Gasteiger partial charge in [0.2, 0.25) is 0 Å². The van der Waals surface area contributed by atoms with Crippen molar-refractivity contribution in [2.75, 3.05) is 6.54 Å². The molecule has 2 heteroatoms. The Labute approximate surface area is 138 Å². The second kappa shape index (κ2) is 9.23. The van der Waals surface area contributed by atoms with Crippen molar-refractivity contribution >= 4 is 0 Å². The first-order valence-electron chi connectivity index (χ1n) is 6.66. The van der Waals surface area contributed by atoms with Crippen LogP contribution in [0.25, 0.3) is 0 Å². The van der Waals surface area contributed by atoms with Crippen molar-refractivity contribution < 1.29 is 32.7 Å². The topological polar surface area (TPSA) is 3.24 Å². The van der Waals surface area contributed by atoms with Crippen LogP contribution >= 0.6 is 0 Å². The first-order chi connectivity index (χ1) is 8.02. The monoisotopic (exact) mass is 321 g/mol. The molecule has 0 saturated carbocycles. The van der Waals surface area contributed by atoms with Crippen LogP contribution in [0.3, 0.4) is 0 Å². The Morgan fingerprint density at radius 2 is 1.44 bits per heavy atom. The minimum Gasteiger partial charge on any atom is -0.328 e. The van der Waals surface area contributed by atoms with Gasteiger partial charge in [0.25, 0.3) is 0 Å². The third-order valence-corrected chi connectivity index (χ3v) is 3.32. The minimum atomic E-state index is 0. The molecule has 0 spiro atoms. The summed E-state index contributed by atoms with van der Waals surface area (Å²) >= 11 is 0. The van der Waals surface area contributed by atoms with Crippen LogP contribution in [0, 0.1) is 6.42 Å². The van der Waals surface area contributed by atoms with E-state index in [4.69, 9.17) is 0 Å². The zero-order valence-corrected chi connectivity index (χ0v) is 15.3. The molecule has 1 atom stereocenters. The molecule has 0 aromatic heterocycles. The van der Waals surface area contributed by atoms with Crippen molar-refractivity contribution in [3.63, 3.8) is 0 Å². The van der Waals surface area contributed by atoms with E-state index in [0.29, 0.717) is 18.0 Å². The summed E-state index contributed by atoms with van der Waals surface area (Å²) in [7, 11) is 0. The fourth-order valence-corrected chi connectivity index (χ4v) is 2.19. The number of rotatable bonds is 6. The summed E-state index contributed by atoms with van der Waals surface area (Å²) < 4.78 is 0. The number of nitrogens with zero attached hydrogens (tertiary/aromatic N) is 1. The Kier molecular flexibility index (Phi) is 9.38. The zero-order valence-electron chi connectivity index (χ0n) is 12.4. The van der Waals surface area contributed by atoms with Gasteiger partial charge in [-0.25, -0.2) is 0 Å². The molecule has 1 radical (unpaired) electrons. The zero-order chi connectivity index (χ0) is 12.8. The van der Waals surface area contributed by atoms with Crippen LogP contribution in [0.1, 0.15) is 46.1 Å². The van der Waals surface area contributed by atoms with E-state index in [1.165, 1.54) is 5.56 Å². The van der Waals surface area contributed by atoms with E-state index >= 15 is 0 Å². The third-order valence-electron chi connectivity index (χ3n) is 3.32. The van der Waals surface area contributed by atoms with Crippen LogP contribution in [0.2, 0.25) is 0 Å². The van der Waals surface area contributed by atoms with Gasteiger partial charge in [0.15, 0.2) is 0 Å². The van der Waals surface area contributed by atoms with E-state index in [0.717, 1.165) is 6.54 Å². The normalized spacial score (nSPS) is 12.9. The van der Waals surface area contributed by atoms with Gasteiger partial charge in [0.1, 0.15) is 0 Å². The van der Waals surface area contributed by atoms with Gasteiger partial charge in [-0.15, -0.1) is 12.5 Å². The quantitative estimate of drug-likeness (QED) is 0.713. The van der Waals surface area contributed by atoms with Crippen LogP contribution in [0.4, 0.5) is 0 Å². The Morgan fingerprint density at radius 3 is 1.89 bits per heavy atom. The first kappa shape index (κ1) is 18.3. The summed E-state index contributed by atoms with van der Waals surface area (Å²) in [6, 6.07) is 11.9. The molecule has 0 aliphatic rings. The van der Waals surface area contributed by atoms with Crippen molar-refractivity contribution in [2.24, 2.45) is 0 Å². The summed E-state index contributed by atoms with van der Waals surface area (Å²) in [5.41, 5.74) is 1.40. The molecular weight excluding hydrogens is 295 g/mol. The molecule has 0 saturated heterocycles. The van der Waals surface area contributed by atoms with Gasteiger partial charge in [0, 0.05) is 44.8 Å². The molecule has 1 aromatic rings. The first-order valence-corrected chi connectivity index (χ1v) is 6.66. The van der Waals surface area contributed by atoms with Gasteiger partial charge in [0.05, 0.1) is 0 Å². The molecule has 99 valence electrons. The van der Waals surface area contributed by atoms with Crippen molar-refractivity contribution in [3.05, 3.63) is 42.3 Å². The molecule has 0 aliphatic heterocycles. The van der Waals surface area contributed by atoms with E-state index in [1.54, 1.807) is 0 Å². The van der Waals surface area contributed by atoms with E-state index in [-0.39, 0.29) is 32.7 Å². The predicted molar refractivity (Wildman–Crippen MR) is 76.1 cm³/mol. The number of hydrogen-bond acceptors (Lipinski definition) is 1. The van der Waals surface area contributed by atoms with Crippen molar-refractivity contribution in [1.82, 2.24) is 4.90 Å². The van der Waals surface area contributed by atoms with Crippen LogP contribution in [0.15, 0.2) is 30.3 Å². The molecule has 1 unspecified atom stereocenters. The molecule has 0 bridgehead atoms. The molecule has 0 heterocycles. The van der Waals surface area contributed by atoms with E-state index in [9.17, 15) is 0 Å². The maximum atomic E-state index is 2.51. The summed E-state index contributed by atoms with van der Waals surface area (Å²) in [4.78, 5) is 2.51. The Bertz CT molecular complexity index is 300.